The van der Waals surface area contributed by atoms with Crippen molar-refractivity contribution in [2.45, 2.75) is 57.4 Å². The van der Waals surface area contributed by atoms with E-state index in [4.69, 9.17) is 4.74 Å². The number of hydrogen-bond donors (Lipinski definition) is 0. The molecule has 0 radical (unpaired) electrons. The van der Waals surface area contributed by atoms with E-state index in [9.17, 15) is 22.0 Å². The summed E-state index contributed by atoms with van der Waals surface area (Å²) in [5, 5.41) is 0. The lowest BCUT2D eigenvalue weighted by Gasteiger charge is -2.27. The summed E-state index contributed by atoms with van der Waals surface area (Å²) in [4.78, 5) is 0. The van der Waals surface area contributed by atoms with E-state index in [2.05, 4.69) is 16.9 Å². The molecule has 174 valence electrons. The van der Waals surface area contributed by atoms with Crippen molar-refractivity contribution >= 4 is 0 Å². The zero-order valence-electron chi connectivity index (χ0n) is 17.9. The third-order valence-corrected chi connectivity index (χ3v) is 5.79. The van der Waals surface area contributed by atoms with Gasteiger partial charge in [0.25, 0.3) is 0 Å². The Kier molecular flexibility index (Phi) is 7.93. The molecule has 3 rings (SSSR count). The summed E-state index contributed by atoms with van der Waals surface area (Å²) < 4.78 is 74.0. The van der Waals surface area contributed by atoms with Gasteiger partial charge in [0, 0.05) is 0 Å². The Hall–Kier alpha value is -2.41. The van der Waals surface area contributed by atoms with Crippen LogP contribution in [0.15, 0.2) is 60.7 Å². The molecule has 0 unspecified atom stereocenters. The summed E-state index contributed by atoms with van der Waals surface area (Å²) in [6.45, 7) is 1.75. The normalized spacial score (nSPS) is 19.9. The molecule has 1 aliphatic rings. The highest BCUT2D eigenvalue weighted by molar-refractivity contribution is 5.29. The van der Waals surface area contributed by atoms with Gasteiger partial charge < -0.3 is 9.47 Å². The van der Waals surface area contributed by atoms with Crippen LogP contribution >= 0.6 is 0 Å². The van der Waals surface area contributed by atoms with Crippen LogP contribution in [0.4, 0.5) is 22.0 Å². The molecule has 2 aromatic rings. The fourth-order valence-corrected chi connectivity index (χ4v) is 4.10. The van der Waals surface area contributed by atoms with Gasteiger partial charge in [0.15, 0.2) is 0 Å². The number of alkyl halides is 5. The minimum absolute atomic E-state index is 0.134. The van der Waals surface area contributed by atoms with Gasteiger partial charge in [0.05, 0.1) is 12.2 Å². The predicted molar refractivity (Wildman–Crippen MR) is 113 cm³/mol. The van der Waals surface area contributed by atoms with Gasteiger partial charge in [0.2, 0.25) is 0 Å². The van der Waals surface area contributed by atoms with Gasteiger partial charge in [0.1, 0.15) is 5.75 Å². The molecule has 0 bridgehead atoms. The molecule has 1 fully saturated rings. The molecule has 1 aliphatic carbocycles. The fraction of sp³-hybridized carbons (Fsp3) is 0.440. The highest BCUT2D eigenvalue weighted by Crippen LogP contribution is 2.37. The van der Waals surface area contributed by atoms with E-state index in [-0.39, 0.29) is 24.3 Å². The Bertz CT molecular complexity index is 865. The molecule has 2 nitrogen and oxygen atoms in total. The standard InChI is InChI=1S/C25H27F5O2/c1-2-3-18-4-8-20(9-5-18)21-10-12-22(13-11-21)24(26,27)31-17-16-19-6-14-23(15-7-19)32-25(28,29)30/h2-3,6-7,10-15,18,20H,4-5,8-9,16-17H2,1H3. The first-order valence-electron chi connectivity index (χ1n) is 10.8. The predicted octanol–water partition coefficient (Wildman–Crippen LogP) is 7.74. The van der Waals surface area contributed by atoms with Crippen molar-refractivity contribution in [3.8, 4) is 5.75 Å². The molecule has 0 amide bonds. The molecular formula is C25H27F5O2. The molecule has 0 aromatic heterocycles. The van der Waals surface area contributed by atoms with Gasteiger partial charge in [-0.25, -0.2) is 0 Å². The van der Waals surface area contributed by atoms with Crippen LogP contribution in [0.5, 0.6) is 5.75 Å². The second-order valence-corrected chi connectivity index (χ2v) is 8.07. The quantitative estimate of drug-likeness (QED) is 0.300. The monoisotopic (exact) mass is 454 g/mol. The Morgan fingerprint density at radius 2 is 1.50 bits per heavy atom. The maximum Gasteiger partial charge on any atom is 0.573 e. The minimum Gasteiger partial charge on any atom is -0.406 e. The molecule has 0 N–H and O–H groups in total. The summed E-state index contributed by atoms with van der Waals surface area (Å²) in [6.07, 6.45) is 0.562. The van der Waals surface area contributed by atoms with E-state index in [1.807, 2.05) is 6.92 Å². The lowest BCUT2D eigenvalue weighted by atomic mass is 9.78. The Balaban J connectivity index is 1.50. The average Bonchev–Trinajstić information content (AvgIpc) is 2.75. The lowest BCUT2D eigenvalue weighted by Crippen LogP contribution is -2.20. The Labute approximate surface area is 185 Å². The minimum atomic E-state index is -4.77. The summed E-state index contributed by atoms with van der Waals surface area (Å²) in [6, 6.07) is 11.4. The van der Waals surface area contributed by atoms with E-state index in [0.29, 0.717) is 17.4 Å². The lowest BCUT2D eigenvalue weighted by molar-refractivity contribution is -0.274. The zero-order chi connectivity index (χ0) is 23.2. The highest BCUT2D eigenvalue weighted by Gasteiger charge is 2.33. The zero-order valence-corrected chi connectivity index (χ0v) is 17.9. The summed E-state index contributed by atoms with van der Waals surface area (Å²) >= 11 is 0. The topological polar surface area (TPSA) is 18.5 Å². The molecule has 0 atom stereocenters. The van der Waals surface area contributed by atoms with Crippen LogP contribution < -0.4 is 4.74 Å². The average molecular weight is 454 g/mol. The van der Waals surface area contributed by atoms with E-state index in [1.165, 1.54) is 24.3 Å². The summed E-state index contributed by atoms with van der Waals surface area (Å²) in [5.74, 6) is 0.647. The van der Waals surface area contributed by atoms with Crippen molar-refractivity contribution in [3.05, 3.63) is 77.4 Å². The van der Waals surface area contributed by atoms with Gasteiger partial charge in [-0.3, -0.25) is 0 Å². The van der Waals surface area contributed by atoms with Crippen molar-refractivity contribution in [3.63, 3.8) is 0 Å². The van der Waals surface area contributed by atoms with Gasteiger partial charge in [-0.1, -0.05) is 48.6 Å². The van der Waals surface area contributed by atoms with E-state index in [1.54, 1.807) is 12.1 Å². The van der Waals surface area contributed by atoms with Crippen molar-refractivity contribution in [2.24, 2.45) is 5.92 Å². The molecule has 0 aliphatic heterocycles. The first kappa shape index (κ1) is 24.2. The second-order valence-electron chi connectivity index (χ2n) is 8.07. The first-order valence-corrected chi connectivity index (χ1v) is 10.8. The second kappa shape index (κ2) is 10.5. The van der Waals surface area contributed by atoms with Crippen LogP contribution in [0.1, 0.15) is 55.2 Å². The van der Waals surface area contributed by atoms with Crippen LogP contribution in [0.3, 0.4) is 0 Å². The molecule has 7 heteroatoms. The third-order valence-electron chi connectivity index (χ3n) is 5.79. The van der Waals surface area contributed by atoms with Gasteiger partial charge >= 0.3 is 12.5 Å². The van der Waals surface area contributed by atoms with Crippen molar-refractivity contribution in [2.75, 3.05) is 6.61 Å². The molecule has 2 aromatic carbocycles. The number of halogens is 5. The maximum absolute atomic E-state index is 14.4. The molecule has 1 saturated carbocycles. The number of allylic oxidation sites excluding steroid dienone is 2. The first-order chi connectivity index (χ1) is 15.2. The molecule has 0 spiro atoms. The third kappa shape index (κ3) is 7.05. The van der Waals surface area contributed by atoms with Crippen LogP contribution in [-0.4, -0.2) is 13.0 Å². The van der Waals surface area contributed by atoms with E-state index in [0.717, 1.165) is 43.4 Å². The van der Waals surface area contributed by atoms with Crippen molar-refractivity contribution < 1.29 is 31.4 Å². The molecular weight excluding hydrogens is 427 g/mol. The van der Waals surface area contributed by atoms with E-state index < -0.39 is 12.5 Å². The number of benzene rings is 2. The van der Waals surface area contributed by atoms with E-state index >= 15 is 0 Å². The smallest absolute Gasteiger partial charge is 0.406 e. The number of ether oxygens (including phenoxy) is 2. The van der Waals surface area contributed by atoms with Gasteiger partial charge in [-0.2, -0.15) is 8.78 Å². The number of hydrogen-bond acceptors (Lipinski definition) is 2. The number of rotatable bonds is 8. The summed E-state index contributed by atoms with van der Waals surface area (Å²) in [5.41, 5.74) is 1.43. The maximum atomic E-state index is 14.4. The molecule has 0 heterocycles. The fourth-order valence-electron chi connectivity index (χ4n) is 4.10. The largest absolute Gasteiger partial charge is 0.573 e. The van der Waals surface area contributed by atoms with Crippen LogP contribution in [0.2, 0.25) is 0 Å². The SMILES string of the molecule is CC=CC1CCC(c2ccc(C(F)(F)OCCc3ccc(OC(F)(F)F)cc3)cc2)CC1. The molecule has 32 heavy (non-hydrogen) atoms. The van der Waals surface area contributed by atoms with Crippen molar-refractivity contribution in [1.82, 2.24) is 0 Å². The van der Waals surface area contributed by atoms with Gasteiger partial charge in [-0.05, 0) is 74.1 Å². The van der Waals surface area contributed by atoms with Crippen LogP contribution in [0.25, 0.3) is 0 Å². The Morgan fingerprint density at radius 1 is 0.875 bits per heavy atom. The van der Waals surface area contributed by atoms with Gasteiger partial charge in [-0.15, -0.1) is 13.2 Å². The van der Waals surface area contributed by atoms with Crippen molar-refractivity contribution in [1.29, 1.82) is 0 Å². The summed E-state index contributed by atoms with van der Waals surface area (Å²) in [7, 11) is 0. The highest BCUT2D eigenvalue weighted by atomic mass is 19.4. The Morgan fingerprint density at radius 3 is 2.06 bits per heavy atom. The molecule has 0 saturated heterocycles. The van der Waals surface area contributed by atoms with Crippen LogP contribution in [0, 0.1) is 5.92 Å². The van der Waals surface area contributed by atoms with Crippen LogP contribution in [-0.2, 0) is 17.3 Å².